The van der Waals surface area contributed by atoms with Crippen LogP contribution < -0.4 is 20.7 Å². The molecule has 3 heteroatoms. The monoisotopic (exact) mass is 666 g/mol. The molecule has 2 aromatic heterocycles. The van der Waals surface area contributed by atoms with Gasteiger partial charge in [-0.25, -0.2) is 0 Å². The molecule has 0 bridgehead atoms. The lowest BCUT2D eigenvalue weighted by Gasteiger charge is -2.34. The molecule has 0 amide bonds. The van der Waals surface area contributed by atoms with E-state index in [0.717, 1.165) is 5.69 Å². The summed E-state index contributed by atoms with van der Waals surface area (Å²) in [6, 6.07) is 76.1. The van der Waals surface area contributed by atoms with E-state index in [9.17, 15) is 0 Å². The highest BCUT2D eigenvalue weighted by Gasteiger charge is 2.41. The van der Waals surface area contributed by atoms with Crippen LogP contribution >= 0.6 is 0 Å². The smallest absolute Gasteiger partial charge is 0.179 e. The van der Waals surface area contributed by atoms with E-state index in [2.05, 4.69) is 215 Å². The molecule has 10 aromatic rings. The second-order valence-corrected chi connectivity index (χ2v) is 17.1. The predicted octanol–water partition coefficient (Wildman–Crippen LogP) is 9.26. The standard InChI is InChI=1S/C48H34N2Si/c1-4-19-36(20-5-1)51(37-21-6-2-7-22-37,38-23-8-3-9-24-38)39-25-16-18-35(34-39)49-45-31-15-12-28-42(45)48-46(49)32-17-33-47(48)50-43-29-13-10-26-40(43)41-27-11-14-30-44(41)50/h1-34H. The van der Waals surface area contributed by atoms with Crippen LogP contribution in [0.2, 0.25) is 0 Å². The first-order valence-corrected chi connectivity index (χ1v) is 19.6. The average Bonchev–Trinajstić information content (AvgIpc) is 3.73. The summed E-state index contributed by atoms with van der Waals surface area (Å²) in [5.41, 5.74) is 7.18. The zero-order chi connectivity index (χ0) is 33.8. The molecule has 0 unspecified atom stereocenters. The lowest BCUT2D eigenvalue weighted by molar-refractivity contribution is 1.17. The van der Waals surface area contributed by atoms with Gasteiger partial charge in [0, 0.05) is 27.2 Å². The fraction of sp³-hybridized carbons (Fsp3) is 0. The van der Waals surface area contributed by atoms with Crippen LogP contribution in [0.25, 0.3) is 55.0 Å². The van der Waals surface area contributed by atoms with Gasteiger partial charge in [-0.15, -0.1) is 0 Å². The minimum absolute atomic E-state index is 1.16. The Morgan fingerprint density at radius 1 is 0.294 bits per heavy atom. The fourth-order valence-corrected chi connectivity index (χ4v) is 13.4. The molecule has 0 saturated heterocycles. The van der Waals surface area contributed by atoms with Gasteiger partial charge in [-0.2, -0.15) is 0 Å². The van der Waals surface area contributed by atoms with Crippen molar-refractivity contribution in [2.75, 3.05) is 0 Å². The first-order chi connectivity index (χ1) is 25.3. The van der Waals surface area contributed by atoms with Gasteiger partial charge >= 0.3 is 0 Å². The van der Waals surface area contributed by atoms with E-state index in [-0.39, 0.29) is 0 Å². The second-order valence-electron chi connectivity index (χ2n) is 13.3. The Labute approximate surface area is 298 Å². The molecule has 8 aromatic carbocycles. The summed E-state index contributed by atoms with van der Waals surface area (Å²) in [4.78, 5) is 0. The number of hydrogen-bond acceptors (Lipinski definition) is 0. The molecule has 2 nitrogen and oxygen atoms in total. The minimum Gasteiger partial charge on any atom is -0.309 e. The van der Waals surface area contributed by atoms with Crippen LogP contribution in [0.15, 0.2) is 206 Å². The van der Waals surface area contributed by atoms with Crippen LogP contribution in [0, 0.1) is 0 Å². The van der Waals surface area contributed by atoms with E-state index in [4.69, 9.17) is 0 Å². The summed E-state index contributed by atoms with van der Waals surface area (Å²) in [7, 11) is -2.71. The Hall–Kier alpha value is -6.42. The number of nitrogens with zero attached hydrogens (tertiary/aromatic N) is 2. The van der Waals surface area contributed by atoms with Crippen LogP contribution in [-0.2, 0) is 0 Å². The van der Waals surface area contributed by atoms with Crippen LogP contribution in [0.4, 0.5) is 0 Å². The Morgan fingerprint density at radius 2 is 0.706 bits per heavy atom. The first kappa shape index (κ1) is 29.5. The minimum atomic E-state index is -2.71. The van der Waals surface area contributed by atoms with Gasteiger partial charge in [-0.3, -0.25) is 0 Å². The zero-order valence-corrected chi connectivity index (χ0v) is 29.0. The van der Waals surface area contributed by atoms with Crippen molar-refractivity contribution in [3.8, 4) is 11.4 Å². The van der Waals surface area contributed by atoms with Gasteiger partial charge in [0.15, 0.2) is 8.07 Å². The maximum Gasteiger partial charge on any atom is 0.179 e. The normalized spacial score (nSPS) is 11.9. The van der Waals surface area contributed by atoms with Crippen molar-refractivity contribution in [2.24, 2.45) is 0 Å². The molecule has 0 N–H and O–H groups in total. The number of hydrogen-bond donors (Lipinski definition) is 0. The van der Waals surface area contributed by atoms with Gasteiger partial charge in [-0.05, 0) is 63.2 Å². The third-order valence-corrected chi connectivity index (χ3v) is 15.4. The lowest BCUT2D eigenvalue weighted by Crippen LogP contribution is -2.74. The summed E-state index contributed by atoms with van der Waals surface area (Å²) >= 11 is 0. The van der Waals surface area contributed by atoms with Gasteiger partial charge < -0.3 is 9.13 Å². The Kier molecular flexibility index (Phi) is 6.86. The molecule has 51 heavy (non-hydrogen) atoms. The van der Waals surface area contributed by atoms with Crippen LogP contribution in [0.5, 0.6) is 0 Å². The number of aromatic nitrogens is 2. The van der Waals surface area contributed by atoms with Gasteiger partial charge in [0.1, 0.15) is 0 Å². The number of para-hydroxylation sites is 3. The summed E-state index contributed by atoms with van der Waals surface area (Å²) < 4.78 is 4.93. The second kappa shape index (κ2) is 11.9. The van der Waals surface area contributed by atoms with Gasteiger partial charge in [0.2, 0.25) is 0 Å². The average molecular weight is 667 g/mol. The Balaban J connectivity index is 1.28. The number of benzene rings is 8. The lowest BCUT2D eigenvalue weighted by atomic mass is 10.1. The highest BCUT2D eigenvalue weighted by atomic mass is 28.3. The van der Waals surface area contributed by atoms with E-state index in [1.807, 2.05) is 0 Å². The van der Waals surface area contributed by atoms with E-state index in [1.54, 1.807) is 0 Å². The molecule has 240 valence electrons. The topological polar surface area (TPSA) is 9.86 Å². The number of fused-ring (bicyclic) bond motifs is 6. The SMILES string of the molecule is c1ccc([Si](c2ccccc2)(c2ccccc2)c2cccc(-n3c4ccccc4c4c(-n5c6ccccc6c6ccccc65)cccc43)c2)cc1. The molecule has 0 fully saturated rings. The highest BCUT2D eigenvalue weighted by molar-refractivity contribution is 7.19. The van der Waals surface area contributed by atoms with Crippen molar-refractivity contribution in [1.29, 1.82) is 0 Å². The van der Waals surface area contributed by atoms with Gasteiger partial charge in [-0.1, -0.05) is 164 Å². The van der Waals surface area contributed by atoms with Crippen molar-refractivity contribution in [3.63, 3.8) is 0 Å². The molecular weight excluding hydrogens is 633 g/mol. The summed E-state index contributed by atoms with van der Waals surface area (Å²) in [6.45, 7) is 0. The Morgan fingerprint density at radius 3 is 1.25 bits per heavy atom. The van der Waals surface area contributed by atoms with Gasteiger partial charge in [0.25, 0.3) is 0 Å². The van der Waals surface area contributed by atoms with E-state index in [1.165, 1.54) is 70.0 Å². The predicted molar refractivity (Wildman–Crippen MR) is 219 cm³/mol. The summed E-state index contributed by atoms with van der Waals surface area (Å²) in [5.74, 6) is 0. The maximum atomic E-state index is 2.48. The van der Waals surface area contributed by atoms with E-state index >= 15 is 0 Å². The molecule has 0 saturated carbocycles. The summed E-state index contributed by atoms with van der Waals surface area (Å²) in [6.07, 6.45) is 0. The fourth-order valence-electron chi connectivity index (χ4n) is 8.59. The quantitative estimate of drug-likeness (QED) is 0.124. The van der Waals surface area contributed by atoms with E-state index in [0.29, 0.717) is 0 Å². The zero-order valence-electron chi connectivity index (χ0n) is 28.0. The number of rotatable bonds is 6. The van der Waals surface area contributed by atoms with Crippen LogP contribution in [0.3, 0.4) is 0 Å². The van der Waals surface area contributed by atoms with Crippen molar-refractivity contribution in [2.45, 2.75) is 0 Å². The Bertz CT molecular complexity index is 2700. The van der Waals surface area contributed by atoms with Crippen molar-refractivity contribution in [3.05, 3.63) is 206 Å². The highest BCUT2D eigenvalue weighted by Crippen LogP contribution is 2.39. The van der Waals surface area contributed by atoms with Crippen LogP contribution in [-0.4, -0.2) is 17.2 Å². The van der Waals surface area contributed by atoms with Gasteiger partial charge in [0.05, 0.1) is 27.8 Å². The molecule has 0 atom stereocenters. The third-order valence-electron chi connectivity index (χ3n) is 10.7. The third kappa shape index (κ3) is 4.42. The van der Waals surface area contributed by atoms with E-state index < -0.39 is 8.07 Å². The molecule has 10 rings (SSSR count). The molecule has 0 aliphatic heterocycles. The molecule has 0 spiro atoms. The van der Waals surface area contributed by atoms with Crippen LogP contribution in [0.1, 0.15) is 0 Å². The van der Waals surface area contributed by atoms with Crippen molar-refractivity contribution in [1.82, 2.24) is 9.13 Å². The molecular formula is C48H34N2Si. The first-order valence-electron chi connectivity index (χ1n) is 17.6. The molecule has 2 heterocycles. The molecule has 0 aliphatic carbocycles. The maximum absolute atomic E-state index is 2.71. The summed E-state index contributed by atoms with van der Waals surface area (Å²) in [5, 5.41) is 10.5. The molecule has 0 radical (unpaired) electrons. The molecule has 0 aliphatic rings. The largest absolute Gasteiger partial charge is 0.309 e. The van der Waals surface area contributed by atoms with Crippen molar-refractivity contribution < 1.29 is 0 Å². The van der Waals surface area contributed by atoms with Crippen molar-refractivity contribution >= 4 is 72.4 Å².